The molecule has 1 aromatic heterocycles. The topological polar surface area (TPSA) is 94.7 Å². The number of para-hydroxylation sites is 1. The van der Waals surface area contributed by atoms with Crippen molar-refractivity contribution in [3.05, 3.63) is 77.5 Å². The van der Waals surface area contributed by atoms with E-state index in [2.05, 4.69) is 22.0 Å². The number of amides is 1. The Hall–Kier alpha value is -3.42. The van der Waals surface area contributed by atoms with E-state index in [1.165, 1.54) is 17.0 Å². The molecule has 3 aromatic rings. The zero-order chi connectivity index (χ0) is 22.1. The number of esters is 1. The molecule has 0 aliphatic rings. The zero-order valence-corrected chi connectivity index (χ0v) is 17.5. The van der Waals surface area contributed by atoms with Gasteiger partial charge in [-0.2, -0.15) is 0 Å². The van der Waals surface area contributed by atoms with Crippen molar-refractivity contribution in [2.45, 2.75) is 19.9 Å². The van der Waals surface area contributed by atoms with Crippen LogP contribution in [0.2, 0.25) is 0 Å². The largest absolute Gasteiger partial charge is 0.465 e. The molecule has 3 rings (SSSR count). The summed E-state index contributed by atoms with van der Waals surface area (Å²) >= 11 is 0. The Bertz CT molecular complexity index is 1040. The van der Waals surface area contributed by atoms with Crippen LogP contribution >= 0.6 is 0 Å². The van der Waals surface area contributed by atoms with Gasteiger partial charge in [0.2, 0.25) is 0 Å². The van der Waals surface area contributed by atoms with Gasteiger partial charge in [-0.1, -0.05) is 42.5 Å². The van der Waals surface area contributed by atoms with Gasteiger partial charge < -0.3 is 9.72 Å². The minimum absolute atomic E-state index is 0.217. The summed E-state index contributed by atoms with van der Waals surface area (Å²) in [4.78, 5) is 28.6. The van der Waals surface area contributed by atoms with E-state index in [4.69, 9.17) is 9.94 Å². The summed E-state index contributed by atoms with van der Waals surface area (Å²) in [5, 5.41) is 9.74. The molecular weight excluding hydrogens is 394 g/mol. The molecule has 0 atom stereocenters. The third-order valence-corrected chi connectivity index (χ3v) is 4.95. The third-order valence-electron chi connectivity index (χ3n) is 4.95. The summed E-state index contributed by atoms with van der Waals surface area (Å²) in [5.74, 6) is -0.821. The molecule has 31 heavy (non-hydrogen) atoms. The summed E-state index contributed by atoms with van der Waals surface area (Å²) in [6.07, 6.45) is 5.70. The number of nitrogens with zero attached hydrogens (tertiary/aromatic N) is 1. The van der Waals surface area contributed by atoms with E-state index in [1.54, 1.807) is 18.5 Å². The van der Waals surface area contributed by atoms with Gasteiger partial charge in [0, 0.05) is 36.3 Å². The smallest absolute Gasteiger partial charge is 0.320 e. The molecule has 1 amide bonds. The lowest BCUT2D eigenvalue weighted by Crippen LogP contribution is -2.32. The van der Waals surface area contributed by atoms with Crippen LogP contribution in [0.25, 0.3) is 17.0 Å². The van der Waals surface area contributed by atoms with Crippen LogP contribution in [0.15, 0.2) is 60.8 Å². The molecule has 0 bridgehead atoms. The van der Waals surface area contributed by atoms with Gasteiger partial charge in [0.1, 0.15) is 0 Å². The number of carbonyl (C=O) groups excluding carboxylic acids is 2. The summed E-state index contributed by atoms with van der Waals surface area (Å²) < 4.78 is 5.15. The third kappa shape index (κ3) is 6.53. The maximum Gasteiger partial charge on any atom is 0.320 e. The lowest BCUT2D eigenvalue weighted by atomic mass is 10.1. The average Bonchev–Trinajstić information content (AvgIpc) is 3.20. The molecule has 7 nitrogen and oxygen atoms in total. The SMILES string of the molecule is CCOC(=O)CN(CCc1c[nH]c2ccccc12)Cc1ccc(C=CC(=O)NO)cc1. The molecule has 0 fully saturated rings. The zero-order valence-electron chi connectivity index (χ0n) is 17.5. The number of hydroxylamine groups is 1. The van der Waals surface area contributed by atoms with E-state index in [9.17, 15) is 9.59 Å². The first-order valence-electron chi connectivity index (χ1n) is 10.2. The average molecular weight is 421 g/mol. The maximum absolute atomic E-state index is 12.1. The van der Waals surface area contributed by atoms with E-state index in [0.717, 1.165) is 23.1 Å². The molecule has 162 valence electrons. The highest BCUT2D eigenvalue weighted by Crippen LogP contribution is 2.19. The molecule has 1 heterocycles. The van der Waals surface area contributed by atoms with Crippen LogP contribution in [0.1, 0.15) is 23.6 Å². The Morgan fingerprint density at radius 1 is 1.16 bits per heavy atom. The van der Waals surface area contributed by atoms with Crippen LogP contribution < -0.4 is 5.48 Å². The highest BCUT2D eigenvalue weighted by atomic mass is 16.5. The molecule has 0 radical (unpaired) electrons. The number of fused-ring (bicyclic) bond motifs is 1. The number of H-pyrrole nitrogens is 1. The maximum atomic E-state index is 12.1. The molecule has 0 spiro atoms. The molecule has 0 aliphatic heterocycles. The standard InChI is InChI=1S/C24H27N3O4/c1-2-31-24(29)17-27(14-13-20-15-25-22-6-4-3-5-21(20)22)16-19-9-7-18(8-10-19)11-12-23(28)26-30/h3-12,15,25,30H,2,13-14,16-17H2,1H3,(H,26,28). The fourth-order valence-corrected chi connectivity index (χ4v) is 3.42. The summed E-state index contributed by atoms with van der Waals surface area (Å²) in [6.45, 7) is 3.69. The first-order valence-corrected chi connectivity index (χ1v) is 10.2. The highest BCUT2D eigenvalue weighted by Gasteiger charge is 2.14. The van der Waals surface area contributed by atoms with Crippen LogP contribution in [0.4, 0.5) is 0 Å². The van der Waals surface area contributed by atoms with Gasteiger partial charge in [-0.25, -0.2) is 5.48 Å². The van der Waals surface area contributed by atoms with Gasteiger partial charge in [-0.15, -0.1) is 0 Å². The number of nitrogens with one attached hydrogen (secondary N) is 2. The van der Waals surface area contributed by atoms with Crippen molar-refractivity contribution in [2.24, 2.45) is 0 Å². The molecule has 0 aliphatic carbocycles. The lowest BCUT2D eigenvalue weighted by molar-refractivity contribution is -0.144. The highest BCUT2D eigenvalue weighted by molar-refractivity contribution is 5.90. The second-order valence-corrected chi connectivity index (χ2v) is 7.18. The van der Waals surface area contributed by atoms with Gasteiger partial charge in [-0.05, 0) is 42.2 Å². The number of hydrogen-bond donors (Lipinski definition) is 3. The molecule has 0 saturated carbocycles. The fourth-order valence-electron chi connectivity index (χ4n) is 3.42. The number of benzene rings is 2. The summed E-state index contributed by atoms with van der Waals surface area (Å²) in [6, 6.07) is 15.9. The van der Waals surface area contributed by atoms with Crippen molar-refractivity contribution in [1.29, 1.82) is 0 Å². The Morgan fingerprint density at radius 2 is 1.94 bits per heavy atom. The van der Waals surface area contributed by atoms with E-state index in [0.29, 0.717) is 19.7 Å². The van der Waals surface area contributed by atoms with Crippen molar-refractivity contribution >= 4 is 28.9 Å². The summed E-state index contributed by atoms with van der Waals surface area (Å²) in [7, 11) is 0. The number of rotatable bonds is 10. The number of carbonyl (C=O) groups is 2. The Kier molecular flexibility index (Phi) is 7.98. The van der Waals surface area contributed by atoms with E-state index in [1.807, 2.05) is 42.6 Å². The fraction of sp³-hybridized carbons (Fsp3) is 0.250. The molecule has 3 N–H and O–H groups in total. The van der Waals surface area contributed by atoms with Gasteiger partial charge in [0.25, 0.3) is 5.91 Å². The molecular formula is C24H27N3O4. The van der Waals surface area contributed by atoms with Crippen molar-refractivity contribution in [1.82, 2.24) is 15.4 Å². The predicted molar refractivity (Wildman–Crippen MR) is 119 cm³/mol. The van der Waals surface area contributed by atoms with E-state index < -0.39 is 5.91 Å². The van der Waals surface area contributed by atoms with Crippen LogP contribution in [-0.4, -0.2) is 46.7 Å². The number of aromatic nitrogens is 1. The van der Waals surface area contributed by atoms with Gasteiger partial charge >= 0.3 is 5.97 Å². The summed E-state index contributed by atoms with van der Waals surface area (Å²) in [5.41, 5.74) is 5.76. The van der Waals surface area contributed by atoms with Gasteiger partial charge in [0.15, 0.2) is 0 Å². The second-order valence-electron chi connectivity index (χ2n) is 7.18. The van der Waals surface area contributed by atoms with Crippen LogP contribution in [0, 0.1) is 0 Å². The Labute approximate surface area is 181 Å². The van der Waals surface area contributed by atoms with Crippen molar-refractivity contribution in [3.63, 3.8) is 0 Å². The molecule has 0 saturated heterocycles. The molecule has 2 aromatic carbocycles. The van der Waals surface area contributed by atoms with Crippen molar-refractivity contribution in [3.8, 4) is 0 Å². The van der Waals surface area contributed by atoms with Gasteiger partial charge in [-0.3, -0.25) is 19.7 Å². The van der Waals surface area contributed by atoms with Crippen LogP contribution in [0.3, 0.4) is 0 Å². The molecule has 0 unspecified atom stereocenters. The Morgan fingerprint density at radius 3 is 2.68 bits per heavy atom. The quantitative estimate of drug-likeness (QED) is 0.202. The van der Waals surface area contributed by atoms with Gasteiger partial charge in [0.05, 0.1) is 13.2 Å². The number of ether oxygens (including phenoxy) is 1. The lowest BCUT2D eigenvalue weighted by Gasteiger charge is -2.21. The first-order chi connectivity index (χ1) is 15.1. The van der Waals surface area contributed by atoms with E-state index >= 15 is 0 Å². The second kappa shape index (κ2) is 11.1. The van der Waals surface area contributed by atoms with E-state index in [-0.39, 0.29) is 12.5 Å². The normalized spacial score (nSPS) is 11.3. The van der Waals surface area contributed by atoms with Crippen molar-refractivity contribution < 1.29 is 19.5 Å². The first kappa shape index (κ1) is 22.3. The molecule has 7 heteroatoms. The monoisotopic (exact) mass is 421 g/mol. The van der Waals surface area contributed by atoms with Crippen molar-refractivity contribution in [2.75, 3.05) is 19.7 Å². The van der Waals surface area contributed by atoms with Crippen LogP contribution in [-0.2, 0) is 27.3 Å². The minimum atomic E-state index is -0.582. The number of aromatic amines is 1. The minimum Gasteiger partial charge on any atom is -0.465 e. The Balaban J connectivity index is 1.67. The van der Waals surface area contributed by atoms with Crippen LogP contribution in [0.5, 0.6) is 0 Å². The predicted octanol–water partition coefficient (Wildman–Crippen LogP) is 3.29. The number of hydrogen-bond acceptors (Lipinski definition) is 5.